The number of nitrogens with zero attached hydrogens (tertiary/aromatic N) is 2. The molecule has 1 aromatic heterocycles. The highest BCUT2D eigenvalue weighted by Crippen LogP contribution is 2.15. The van der Waals surface area contributed by atoms with Crippen molar-refractivity contribution >= 4 is 5.96 Å². The van der Waals surface area contributed by atoms with E-state index in [1.54, 1.807) is 7.05 Å². The van der Waals surface area contributed by atoms with Crippen LogP contribution in [0.25, 0.3) is 0 Å². The molecule has 2 rings (SSSR count). The Morgan fingerprint density at radius 3 is 2.32 bits per heavy atom. The van der Waals surface area contributed by atoms with Gasteiger partial charge in [0.05, 0.1) is 5.69 Å². The molecular weight excluding hydrogens is 312 g/mol. The number of hydrogen-bond acceptors (Lipinski definition) is 3. The Hall–Kier alpha value is -2.30. The maximum Gasteiger partial charge on any atom is 0.191 e. The zero-order valence-corrected chi connectivity index (χ0v) is 15.9. The molecule has 0 unspecified atom stereocenters. The van der Waals surface area contributed by atoms with Crippen LogP contribution < -0.4 is 10.6 Å². The number of hydrogen-bond donors (Lipinski definition) is 2. The van der Waals surface area contributed by atoms with Gasteiger partial charge in [-0.1, -0.05) is 50.2 Å². The fraction of sp³-hybridized carbons (Fsp3) is 0.500. The van der Waals surface area contributed by atoms with Crippen LogP contribution in [0.3, 0.4) is 0 Å². The van der Waals surface area contributed by atoms with E-state index in [-0.39, 0.29) is 0 Å². The summed E-state index contributed by atoms with van der Waals surface area (Å²) in [5.41, 5.74) is 4.89. The van der Waals surface area contributed by atoms with Crippen LogP contribution in [0.2, 0.25) is 0 Å². The molecule has 0 aliphatic rings. The summed E-state index contributed by atoms with van der Waals surface area (Å²) in [6, 6.07) is 8.81. The summed E-state index contributed by atoms with van der Waals surface area (Å²) in [7, 11) is 1.79. The second-order valence-electron chi connectivity index (χ2n) is 6.01. The van der Waals surface area contributed by atoms with Gasteiger partial charge in [-0.05, 0) is 30.4 Å². The molecular formula is C20H30N4O. The molecule has 136 valence electrons. The number of aromatic nitrogens is 1. The van der Waals surface area contributed by atoms with Crippen LogP contribution in [0.1, 0.15) is 48.9 Å². The van der Waals surface area contributed by atoms with E-state index in [4.69, 9.17) is 4.52 Å². The first-order valence-electron chi connectivity index (χ1n) is 9.20. The van der Waals surface area contributed by atoms with Crippen LogP contribution >= 0.6 is 0 Å². The van der Waals surface area contributed by atoms with Crippen molar-refractivity contribution in [3.63, 3.8) is 0 Å². The molecule has 0 spiro atoms. The number of rotatable bonds is 8. The van der Waals surface area contributed by atoms with Gasteiger partial charge in [0.25, 0.3) is 0 Å². The average molecular weight is 342 g/mol. The lowest BCUT2D eigenvalue weighted by Gasteiger charge is -2.12. The van der Waals surface area contributed by atoms with Crippen LogP contribution in [0.15, 0.2) is 33.8 Å². The third kappa shape index (κ3) is 5.34. The van der Waals surface area contributed by atoms with Gasteiger partial charge in [-0.2, -0.15) is 0 Å². The summed E-state index contributed by atoms with van der Waals surface area (Å²) in [5.74, 6) is 1.76. The normalized spacial score (nSPS) is 11.6. The Bertz CT molecular complexity index is 652. The summed E-state index contributed by atoms with van der Waals surface area (Å²) < 4.78 is 5.41. The van der Waals surface area contributed by atoms with Crippen molar-refractivity contribution < 1.29 is 4.52 Å². The fourth-order valence-corrected chi connectivity index (χ4v) is 2.80. The average Bonchev–Trinajstić information content (AvgIpc) is 3.07. The minimum Gasteiger partial charge on any atom is -0.361 e. The lowest BCUT2D eigenvalue weighted by molar-refractivity contribution is 0.380. The zero-order valence-electron chi connectivity index (χ0n) is 15.9. The quantitative estimate of drug-likeness (QED) is 0.571. The van der Waals surface area contributed by atoms with Gasteiger partial charge in [-0.25, -0.2) is 0 Å². The molecule has 0 radical (unpaired) electrons. The first kappa shape index (κ1) is 19.0. The van der Waals surface area contributed by atoms with E-state index in [1.165, 1.54) is 11.1 Å². The minimum absolute atomic E-state index is 0.681. The molecule has 2 N–H and O–H groups in total. The molecule has 5 nitrogen and oxygen atoms in total. The van der Waals surface area contributed by atoms with Gasteiger partial charge in [0.1, 0.15) is 5.76 Å². The standard InChI is InChI=1S/C20H30N4O/c1-5-15-8-10-16(11-9-15)12-13-22-20(21-4)23-14-17-18(6-2)24-25-19(17)7-3/h8-11H,5-7,12-14H2,1-4H3,(H2,21,22,23). The molecule has 1 aromatic carbocycles. The molecule has 0 aliphatic carbocycles. The highest BCUT2D eigenvalue weighted by atomic mass is 16.5. The van der Waals surface area contributed by atoms with Gasteiger partial charge in [-0.3, -0.25) is 4.99 Å². The monoisotopic (exact) mass is 342 g/mol. The van der Waals surface area contributed by atoms with Crippen molar-refractivity contribution in [2.75, 3.05) is 13.6 Å². The van der Waals surface area contributed by atoms with E-state index in [1.807, 2.05) is 0 Å². The smallest absolute Gasteiger partial charge is 0.191 e. The van der Waals surface area contributed by atoms with Crippen LogP contribution in [0, 0.1) is 0 Å². The van der Waals surface area contributed by atoms with E-state index in [9.17, 15) is 0 Å². The van der Waals surface area contributed by atoms with Gasteiger partial charge < -0.3 is 15.2 Å². The van der Waals surface area contributed by atoms with Gasteiger partial charge in [0.2, 0.25) is 0 Å². The first-order valence-corrected chi connectivity index (χ1v) is 9.20. The summed E-state index contributed by atoms with van der Waals surface area (Å²) >= 11 is 0. The van der Waals surface area contributed by atoms with E-state index in [2.05, 4.69) is 65.8 Å². The van der Waals surface area contributed by atoms with Crippen molar-refractivity contribution in [2.45, 2.75) is 53.0 Å². The summed E-state index contributed by atoms with van der Waals surface area (Å²) in [6.07, 6.45) is 3.78. The van der Waals surface area contributed by atoms with Crippen LogP contribution in [-0.4, -0.2) is 24.7 Å². The van der Waals surface area contributed by atoms with E-state index >= 15 is 0 Å². The number of aliphatic imine (C=N–C) groups is 1. The fourth-order valence-electron chi connectivity index (χ4n) is 2.80. The van der Waals surface area contributed by atoms with Crippen LogP contribution in [0.5, 0.6) is 0 Å². The summed E-state index contributed by atoms with van der Waals surface area (Å²) in [6.45, 7) is 7.88. The van der Waals surface area contributed by atoms with Crippen molar-refractivity contribution in [1.29, 1.82) is 0 Å². The molecule has 0 fully saturated rings. The predicted octanol–water partition coefficient (Wildman–Crippen LogP) is 3.27. The van der Waals surface area contributed by atoms with Gasteiger partial charge >= 0.3 is 0 Å². The molecule has 2 aromatic rings. The Morgan fingerprint density at radius 1 is 1.00 bits per heavy atom. The first-order chi connectivity index (χ1) is 12.2. The molecule has 0 bridgehead atoms. The zero-order chi connectivity index (χ0) is 18.1. The highest BCUT2D eigenvalue weighted by Gasteiger charge is 2.13. The molecule has 0 saturated heterocycles. The molecule has 5 heteroatoms. The lowest BCUT2D eigenvalue weighted by Crippen LogP contribution is -2.38. The minimum atomic E-state index is 0.681. The number of guanidine groups is 1. The molecule has 0 atom stereocenters. The maximum atomic E-state index is 5.41. The molecule has 25 heavy (non-hydrogen) atoms. The van der Waals surface area contributed by atoms with Crippen LogP contribution in [-0.2, 0) is 32.2 Å². The lowest BCUT2D eigenvalue weighted by atomic mass is 10.1. The number of aryl methyl sites for hydroxylation is 3. The van der Waals surface area contributed by atoms with E-state index < -0.39 is 0 Å². The highest BCUT2D eigenvalue weighted by molar-refractivity contribution is 5.79. The van der Waals surface area contributed by atoms with Crippen molar-refractivity contribution in [3.8, 4) is 0 Å². The Kier molecular flexibility index (Phi) is 7.51. The van der Waals surface area contributed by atoms with Crippen molar-refractivity contribution in [2.24, 2.45) is 4.99 Å². The topological polar surface area (TPSA) is 62.5 Å². The number of benzene rings is 1. The second-order valence-corrected chi connectivity index (χ2v) is 6.01. The second kappa shape index (κ2) is 9.87. The van der Waals surface area contributed by atoms with Crippen molar-refractivity contribution in [1.82, 2.24) is 15.8 Å². The summed E-state index contributed by atoms with van der Waals surface area (Å²) in [4.78, 5) is 4.30. The molecule has 0 amide bonds. The third-order valence-corrected chi connectivity index (χ3v) is 4.40. The third-order valence-electron chi connectivity index (χ3n) is 4.40. The predicted molar refractivity (Wildman–Crippen MR) is 103 cm³/mol. The Balaban J connectivity index is 1.83. The van der Waals surface area contributed by atoms with Gasteiger partial charge in [0, 0.05) is 32.1 Å². The molecule has 0 aliphatic heterocycles. The number of nitrogens with one attached hydrogen (secondary N) is 2. The van der Waals surface area contributed by atoms with Gasteiger partial charge in [-0.15, -0.1) is 0 Å². The van der Waals surface area contributed by atoms with E-state index in [0.717, 1.165) is 55.2 Å². The molecule has 0 saturated carbocycles. The maximum absolute atomic E-state index is 5.41. The summed E-state index contributed by atoms with van der Waals surface area (Å²) in [5, 5.41) is 10.9. The largest absolute Gasteiger partial charge is 0.361 e. The Labute approximate surface area is 150 Å². The van der Waals surface area contributed by atoms with Crippen molar-refractivity contribution in [3.05, 3.63) is 52.4 Å². The van der Waals surface area contributed by atoms with Crippen LogP contribution in [0.4, 0.5) is 0 Å². The van der Waals surface area contributed by atoms with E-state index in [0.29, 0.717) is 6.54 Å². The molecule has 1 heterocycles. The SMILES string of the molecule is CCc1ccc(CCNC(=NC)NCc2c(CC)noc2CC)cc1. The van der Waals surface area contributed by atoms with Gasteiger partial charge in [0.15, 0.2) is 5.96 Å². The Morgan fingerprint density at radius 2 is 1.72 bits per heavy atom.